The van der Waals surface area contributed by atoms with Gasteiger partial charge < -0.3 is 20.3 Å². The molecule has 1 fully saturated rings. The minimum atomic E-state index is -0.488. The molecule has 0 saturated carbocycles. The Bertz CT molecular complexity index is 435. The Morgan fingerprint density at radius 1 is 1.12 bits per heavy atom. The number of nitrogens with two attached hydrogens (primary N) is 1. The zero-order chi connectivity index (χ0) is 18.7. The van der Waals surface area contributed by atoms with E-state index in [1.54, 1.807) is 4.90 Å². The first kappa shape index (κ1) is 20.7. The second kappa shape index (κ2) is 8.19. The lowest BCUT2D eigenvalue weighted by Gasteiger charge is -2.42. The number of hydrogen-bond donors (Lipinski definition) is 1. The van der Waals surface area contributed by atoms with E-state index >= 15 is 0 Å². The minimum absolute atomic E-state index is 0.00992. The van der Waals surface area contributed by atoms with Gasteiger partial charge in [0.2, 0.25) is 5.91 Å². The van der Waals surface area contributed by atoms with Crippen molar-refractivity contribution in [3.05, 3.63) is 0 Å². The molecule has 1 heterocycles. The second-order valence-electron chi connectivity index (χ2n) is 8.31. The molecule has 2 amide bonds. The maximum Gasteiger partial charge on any atom is 0.410 e. The van der Waals surface area contributed by atoms with Crippen LogP contribution < -0.4 is 5.73 Å². The average Bonchev–Trinajstić information content (AvgIpc) is 2.44. The van der Waals surface area contributed by atoms with Gasteiger partial charge in [0, 0.05) is 25.2 Å². The first-order valence-electron chi connectivity index (χ1n) is 8.99. The van der Waals surface area contributed by atoms with E-state index in [0.29, 0.717) is 13.1 Å². The van der Waals surface area contributed by atoms with Gasteiger partial charge in [0.25, 0.3) is 0 Å². The summed E-state index contributed by atoms with van der Waals surface area (Å²) >= 11 is 0. The van der Waals surface area contributed by atoms with Gasteiger partial charge in [-0.25, -0.2) is 4.79 Å². The summed E-state index contributed by atoms with van der Waals surface area (Å²) in [4.78, 5) is 28.5. The van der Waals surface area contributed by atoms with Gasteiger partial charge in [-0.1, -0.05) is 13.8 Å². The number of amides is 2. The quantitative estimate of drug-likeness (QED) is 0.853. The number of rotatable bonds is 4. The Morgan fingerprint density at radius 3 is 2.00 bits per heavy atom. The molecule has 1 saturated heterocycles. The molecule has 0 unspecified atom stereocenters. The van der Waals surface area contributed by atoms with Crippen LogP contribution in [0.25, 0.3) is 0 Å². The van der Waals surface area contributed by atoms with Crippen LogP contribution in [0.15, 0.2) is 0 Å². The van der Waals surface area contributed by atoms with Crippen molar-refractivity contribution >= 4 is 12.0 Å². The summed E-state index contributed by atoms with van der Waals surface area (Å²) in [6.07, 6.45) is 1.24. The van der Waals surface area contributed by atoms with Crippen molar-refractivity contribution in [2.45, 2.75) is 85.0 Å². The highest BCUT2D eigenvalue weighted by Gasteiger charge is 2.35. The van der Waals surface area contributed by atoms with Crippen molar-refractivity contribution in [3.8, 4) is 0 Å². The van der Waals surface area contributed by atoms with Crippen molar-refractivity contribution < 1.29 is 14.3 Å². The lowest BCUT2D eigenvalue weighted by molar-refractivity contribution is -0.139. The summed E-state index contributed by atoms with van der Waals surface area (Å²) in [7, 11) is 0. The summed E-state index contributed by atoms with van der Waals surface area (Å²) in [6, 6.07) is -0.252. The van der Waals surface area contributed by atoms with Crippen molar-refractivity contribution in [1.82, 2.24) is 9.80 Å². The van der Waals surface area contributed by atoms with Gasteiger partial charge in [-0.15, -0.1) is 0 Å². The molecule has 0 bridgehead atoms. The van der Waals surface area contributed by atoms with Crippen molar-refractivity contribution in [1.29, 1.82) is 0 Å². The molecule has 0 aromatic rings. The number of carbonyl (C=O) groups is 2. The largest absolute Gasteiger partial charge is 0.444 e. The molecule has 2 N–H and O–H groups in total. The molecule has 0 radical (unpaired) electrons. The highest BCUT2D eigenvalue weighted by Crippen LogP contribution is 2.22. The van der Waals surface area contributed by atoms with Crippen LogP contribution in [0, 0.1) is 5.92 Å². The number of piperidine rings is 1. The summed E-state index contributed by atoms with van der Waals surface area (Å²) in [5.41, 5.74) is 5.59. The van der Waals surface area contributed by atoms with E-state index < -0.39 is 11.6 Å². The van der Waals surface area contributed by atoms with Gasteiger partial charge in [-0.3, -0.25) is 4.79 Å². The normalized spacial score (nSPS) is 18.0. The molecular weight excluding hydrogens is 306 g/mol. The molecule has 0 spiro atoms. The molecule has 1 atom stereocenters. The maximum atomic E-state index is 12.7. The van der Waals surface area contributed by atoms with Gasteiger partial charge in [0.1, 0.15) is 5.60 Å². The van der Waals surface area contributed by atoms with Gasteiger partial charge in [-0.05, 0) is 53.4 Å². The third-order valence-electron chi connectivity index (χ3n) is 4.32. The summed E-state index contributed by atoms with van der Waals surface area (Å²) < 4.78 is 5.42. The Balaban J connectivity index is 2.69. The molecule has 24 heavy (non-hydrogen) atoms. The Hall–Kier alpha value is -1.30. The van der Waals surface area contributed by atoms with E-state index in [4.69, 9.17) is 10.5 Å². The molecule has 1 aliphatic rings. The van der Waals surface area contributed by atoms with Crippen molar-refractivity contribution in [2.24, 2.45) is 11.7 Å². The highest BCUT2D eigenvalue weighted by atomic mass is 16.6. The van der Waals surface area contributed by atoms with Crippen LogP contribution in [0.1, 0.15) is 61.3 Å². The van der Waals surface area contributed by atoms with E-state index in [9.17, 15) is 9.59 Å². The van der Waals surface area contributed by atoms with Crippen LogP contribution in [0.3, 0.4) is 0 Å². The molecule has 0 aromatic carbocycles. The summed E-state index contributed by atoms with van der Waals surface area (Å²) in [5.74, 6) is 0.122. The van der Waals surface area contributed by atoms with Crippen LogP contribution in [0.5, 0.6) is 0 Å². The van der Waals surface area contributed by atoms with E-state index in [1.165, 1.54) is 0 Å². The highest BCUT2D eigenvalue weighted by molar-refractivity contribution is 5.82. The lowest BCUT2D eigenvalue weighted by Crippen LogP contribution is -2.56. The molecule has 0 aromatic heterocycles. The Morgan fingerprint density at radius 2 is 1.62 bits per heavy atom. The van der Waals surface area contributed by atoms with Crippen molar-refractivity contribution in [3.63, 3.8) is 0 Å². The fraction of sp³-hybridized carbons (Fsp3) is 0.889. The smallest absolute Gasteiger partial charge is 0.410 e. The predicted octanol–water partition coefficient (Wildman–Crippen LogP) is 2.61. The van der Waals surface area contributed by atoms with Gasteiger partial charge >= 0.3 is 6.09 Å². The molecular formula is C18H35N3O3. The molecule has 0 aliphatic carbocycles. The Kier molecular flexibility index (Phi) is 7.08. The van der Waals surface area contributed by atoms with E-state index in [1.807, 2.05) is 53.4 Å². The first-order chi connectivity index (χ1) is 10.9. The van der Waals surface area contributed by atoms with Crippen molar-refractivity contribution in [2.75, 3.05) is 13.1 Å². The van der Waals surface area contributed by atoms with Gasteiger partial charge in [0.15, 0.2) is 0 Å². The van der Waals surface area contributed by atoms with Gasteiger partial charge in [0.05, 0.1) is 6.04 Å². The number of carbonyl (C=O) groups excluding carboxylic acids is 2. The third-order valence-corrected chi connectivity index (χ3v) is 4.32. The summed E-state index contributed by atoms with van der Waals surface area (Å²) in [5, 5.41) is 0. The SMILES string of the molecule is CC(C)[C@H](N)C(=O)N(C(C)C)C1CCN(C(=O)OC(C)(C)C)CC1. The van der Waals surface area contributed by atoms with Crippen LogP contribution >= 0.6 is 0 Å². The number of likely N-dealkylation sites (tertiary alicyclic amines) is 1. The zero-order valence-electron chi connectivity index (χ0n) is 16.3. The molecule has 1 aliphatic heterocycles. The van der Waals surface area contributed by atoms with Gasteiger partial charge in [-0.2, -0.15) is 0 Å². The predicted molar refractivity (Wildman–Crippen MR) is 95.6 cm³/mol. The number of nitrogens with zero attached hydrogens (tertiary/aromatic N) is 2. The monoisotopic (exact) mass is 341 g/mol. The second-order valence-corrected chi connectivity index (χ2v) is 8.31. The maximum absolute atomic E-state index is 12.7. The summed E-state index contributed by atoms with van der Waals surface area (Å²) in [6.45, 7) is 14.8. The number of ether oxygens (including phenoxy) is 1. The van der Waals surface area contributed by atoms with E-state index in [-0.39, 0.29) is 30.0 Å². The van der Waals surface area contributed by atoms with Crippen LogP contribution in [-0.4, -0.2) is 58.6 Å². The molecule has 6 heteroatoms. The third kappa shape index (κ3) is 5.65. The minimum Gasteiger partial charge on any atom is -0.444 e. The molecule has 140 valence electrons. The average molecular weight is 341 g/mol. The van der Waals surface area contributed by atoms with E-state index in [0.717, 1.165) is 12.8 Å². The first-order valence-corrected chi connectivity index (χ1v) is 8.99. The Labute approximate surface area is 146 Å². The molecule has 6 nitrogen and oxygen atoms in total. The molecule has 1 rings (SSSR count). The number of hydrogen-bond acceptors (Lipinski definition) is 4. The lowest BCUT2D eigenvalue weighted by atomic mass is 9.97. The topological polar surface area (TPSA) is 75.9 Å². The standard InChI is InChI=1S/C18H35N3O3/c1-12(2)15(19)16(22)21(13(3)4)14-8-10-20(11-9-14)17(23)24-18(5,6)7/h12-15H,8-11,19H2,1-7H3/t15-/m0/s1. The fourth-order valence-electron chi connectivity index (χ4n) is 2.97. The zero-order valence-corrected chi connectivity index (χ0v) is 16.3. The van der Waals surface area contributed by atoms with Crippen LogP contribution in [0.4, 0.5) is 4.79 Å². The van der Waals surface area contributed by atoms with Crippen LogP contribution in [0.2, 0.25) is 0 Å². The van der Waals surface area contributed by atoms with Crippen LogP contribution in [-0.2, 0) is 9.53 Å². The fourth-order valence-corrected chi connectivity index (χ4v) is 2.97. The van der Waals surface area contributed by atoms with E-state index in [2.05, 4.69) is 0 Å².